The summed E-state index contributed by atoms with van der Waals surface area (Å²) in [6.45, 7) is 5.00. The molecule has 1 aliphatic heterocycles. The summed E-state index contributed by atoms with van der Waals surface area (Å²) in [6.07, 6.45) is 4.05. The fraction of sp³-hybridized carbons (Fsp3) is 0.909. The van der Waals surface area contributed by atoms with Gasteiger partial charge in [0.25, 0.3) is 0 Å². The van der Waals surface area contributed by atoms with E-state index in [9.17, 15) is 0 Å². The summed E-state index contributed by atoms with van der Waals surface area (Å²) in [5, 5.41) is 12.0. The molecule has 3 heteroatoms. The lowest BCUT2D eigenvalue weighted by molar-refractivity contribution is 0.184. The van der Waals surface area contributed by atoms with Gasteiger partial charge in [-0.25, -0.2) is 0 Å². The smallest absolute Gasteiger partial charge is 0.0638 e. The second-order valence-corrected chi connectivity index (χ2v) is 3.94. The van der Waals surface area contributed by atoms with Crippen molar-refractivity contribution in [1.29, 1.82) is 5.26 Å². The van der Waals surface area contributed by atoms with Crippen LogP contribution in [0.1, 0.15) is 32.6 Å². The van der Waals surface area contributed by atoms with Gasteiger partial charge in [0.2, 0.25) is 0 Å². The molecule has 1 N–H and O–H groups in total. The highest BCUT2D eigenvalue weighted by molar-refractivity contribution is 4.80. The summed E-state index contributed by atoms with van der Waals surface area (Å²) in [4.78, 5) is 0. The van der Waals surface area contributed by atoms with E-state index in [1.807, 2.05) is 0 Å². The van der Waals surface area contributed by atoms with Crippen LogP contribution in [0.3, 0.4) is 0 Å². The van der Waals surface area contributed by atoms with E-state index in [0.717, 1.165) is 32.1 Å². The lowest BCUT2D eigenvalue weighted by atomic mass is 10.0. The Balaban J connectivity index is 2.03. The summed E-state index contributed by atoms with van der Waals surface area (Å²) < 4.78 is 5.31. The second kappa shape index (κ2) is 6.80. The zero-order chi connectivity index (χ0) is 10.2. The molecule has 0 radical (unpaired) electrons. The number of hydrogen-bond acceptors (Lipinski definition) is 3. The fourth-order valence-electron chi connectivity index (χ4n) is 1.77. The van der Waals surface area contributed by atoms with Crippen molar-refractivity contribution in [2.24, 2.45) is 5.92 Å². The van der Waals surface area contributed by atoms with Gasteiger partial charge in [-0.3, -0.25) is 0 Å². The van der Waals surface area contributed by atoms with Gasteiger partial charge in [-0.1, -0.05) is 6.92 Å². The third-order valence-corrected chi connectivity index (χ3v) is 2.84. The molecule has 1 aliphatic rings. The molecule has 2 unspecified atom stereocenters. The van der Waals surface area contributed by atoms with Gasteiger partial charge in [-0.2, -0.15) is 5.26 Å². The van der Waals surface area contributed by atoms with E-state index in [1.54, 1.807) is 0 Å². The second-order valence-electron chi connectivity index (χ2n) is 3.94. The highest BCUT2D eigenvalue weighted by Gasteiger charge is 2.15. The maximum absolute atomic E-state index is 8.57. The molecule has 1 saturated heterocycles. The Bertz CT molecular complexity index is 182. The largest absolute Gasteiger partial charge is 0.381 e. The van der Waals surface area contributed by atoms with E-state index in [0.29, 0.717) is 12.5 Å². The third-order valence-electron chi connectivity index (χ3n) is 2.84. The van der Waals surface area contributed by atoms with E-state index in [-0.39, 0.29) is 0 Å². The summed E-state index contributed by atoms with van der Waals surface area (Å²) >= 11 is 0. The molecule has 0 aromatic heterocycles. The molecule has 14 heavy (non-hydrogen) atoms. The van der Waals surface area contributed by atoms with Crippen LogP contribution < -0.4 is 5.32 Å². The average Bonchev–Trinajstić information content (AvgIpc) is 2.69. The summed E-state index contributed by atoms with van der Waals surface area (Å²) in [5.74, 6) is 0.738. The minimum Gasteiger partial charge on any atom is -0.381 e. The Labute approximate surface area is 86.4 Å². The van der Waals surface area contributed by atoms with Crippen molar-refractivity contribution < 1.29 is 4.74 Å². The van der Waals surface area contributed by atoms with E-state index in [2.05, 4.69) is 18.3 Å². The first-order chi connectivity index (χ1) is 6.86. The molecule has 0 spiro atoms. The van der Waals surface area contributed by atoms with Gasteiger partial charge in [0.05, 0.1) is 12.5 Å². The zero-order valence-electron chi connectivity index (χ0n) is 8.96. The molecular formula is C11H20N2O. The maximum atomic E-state index is 8.57. The van der Waals surface area contributed by atoms with Crippen molar-refractivity contribution >= 4 is 0 Å². The number of nitriles is 1. The van der Waals surface area contributed by atoms with Crippen molar-refractivity contribution in [1.82, 2.24) is 5.32 Å². The van der Waals surface area contributed by atoms with Crippen LogP contribution in [0, 0.1) is 17.2 Å². The van der Waals surface area contributed by atoms with Crippen molar-refractivity contribution in [2.75, 3.05) is 19.8 Å². The molecule has 1 heterocycles. The highest BCUT2D eigenvalue weighted by Crippen LogP contribution is 2.15. The normalized spacial score (nSPS) is 23.3. The lowest BCUT2D eigenvalue weighted by Crippen LogP contribution is -2.30. The van der Waals surface area contributed by atoms with Crippen LogP contribution >= 0.6 is 0 Å². The molecule has 0 amide bonds. The minimum absolute atomic E-state index is 0.377. The fourth-order valence-corrected chi connectivity index (χ4v) is 1.77. The number of rotatable bonds is 6. The van der Waals surface area contributed by atoms with Crippen molar-refractivity contribution in [3.05, 3.63) is 0 Å². The van der Waals surface area contributed by atoms with Crippen molar-refractivity contribution in [3.8, 4) is 6.07 Å². The number of ether oxygens (including phenoxy) is 1. The maximum Gasteiger partial charge on any atom is 0.0638 e. The van der Waals surface area contributed by atoms with Gasteiger partial charge in [-0.05, 0) is 31.7 Å². The number of hydrogen-bond donors (Lipinski definition) is 1. The van der Waals surface area contributed by atoms with Gasteiger partial charge in [0, 0.05) is 19.3 Å². The summed E-state index contributed by atoms with van der Waals surface area (Å²) in [7, 11) is 0. The number of nitrogens with one attached hydrogen (secondary N) is 1. The Morgan fingerprint density at radius 3 is 3.07 bits per heavy atom. The first kappa shape index (κ1) is 11.5. The van der Waals surface area contributed by atoms with Crippen LogP contribution in [-0.2, 0) is 4.74 Å². The first-order valence-electron chi connectivity index (χ1n) is 5.55. The highest BCUT2D eigenvalue weighted by atomic mass is 16.5. The van der Waals surface area contributed by atoms with Gasteiger partial charge >= 0.3 is 0 Å². The van der Waals surface area contributed by atoms with Crippen LogP contribution in [0.15, 0.2) is 0 Å². The molecule has 0 saturated carbocycles. The third kappa shape index (κ3) is 4.08. The van der Waals surface area contributed by atoms with E-state index < -0.39 is 0 Å². The molecule has 1 rings (SSSR count). The van der Waals surface area contributed by atoms with Crippen LogP contribution in [0.25, 0.3) is 0 Å². The lowest BCUT2D eigenvalue weighted by Gasteiger charge is -2.14. The monoisotopic (exact) mass is 196 g/mol. The summed E-state index contributed by atoms with van der Waals surface area (Å²) in [5.41, 5.74) is 0. The Hall–Kier alpha value is -0.590. The van der Waals surface area contributed by atoms with Crippen LogP contribution in [0.5, 0.6) is 0 Å². The van der Waals surface area contributed by atoms with Crippen molar-refractivity contribution in [3.63, 3.8) is 0 Å². The molecule has 3 nitrogen and oxygen atoms in total. The van der Waals surface area contributed by atoms with E-state index >= 15 is 0 Å². The quantitative estimate of drug-likeness (QED) is 0.703. The van der Waals surface area contributed by atoms with Crippen molar-refractivity contribution in [2.45, 2.75) is 38.6 Å². The van der Waals surface area contributed by atoms with Gasteiger partial charge < -0.3 is 10.1 Å². The standard InChI is InChI=1S/C11H20N2O/c1-2-11(3-6-12)13-7-4-10-5-8-14-9-10/h10-11,13H,2-5,7-9H2,1H3. The molecular weight excluding hydrogens is 176 g/mol. The molecule has 0 aromatic carbocycles. The van der Waals surface area contributed by atoms with Crippen LogP contribution in [-0.4, -0.2) is 25.8 Å². The van der Waals surface area contributed by atoms with E-state index in [1.165, 1.54) is 12.8 Å². The SMILES string of the molecule is CCC(CC#N)NCCC1CCOC1. The Kier molecular flexibility index (Phi) is 5.58. The predicted molar refractivity (Wildman–Crippen MR) is 55.9 cm³/mol. The zero-order valence-corrected chi connectivity index (χ0v) is 8.96. The topological polar surface area (TPSA) is 45.0 Å². The average molecular weight is 196 g/mol. The molecule has 80 valence electrons. The molecule has 1 fully saturated rings. The molecule has 0 bridgehead atoms. The Morgan fingerprint density at radius 2 is 2.50 bits per heavy atom. The number of nitrogens with zero attached hydrogens (tertiary/aromatic N) is 1. The van der Waals surface area contributed by atoms with Gasteiger partial charge in [0.15, 0.2) is 0 Å². The molecule has 0 aliphatic carbocycles. The van der Waals surface area contributed by atoms with E-state index in [4.69, 9.17) is 10.00 Å². The minimum atomic E-state index is 0.377. The Morgan fingerprint density at radius 1 is 1.64 bits per heavy atom. The van der Waals surface area contributed by atoms with Crippen LogP contribution in [0.2, 0.25) is 0 Å². The first-order valence-corrected chi connectivity index (χ1v) is 5.55. The van der Waals surface area contributed by atoms with Gasteiger partial charge in [-0.15, -0.1) is 0 Å². The molecule has 0 aromatic rings. The van der Waals surface area contributed by atoms with Gasteiger partial charge in [0.1, 0.15) is 0 Å². The summed E-state index contributed by atoms with van der Waals surface area (Å²) in [6, 6.07) is 2.59. The molecule has 2 atom stereocenters. The van der Waals surface area contributed by atoms with Crippen LogP contribution in [0.4, 0.5) is 0 Å². The predicted octanol–water partition coefficient (Wildman–Crippen LogP) is 1.69.